The molecule has 7 nitrogen and oxygen atoms in total. The van der Waals surface area contributed by atoms with E-state index in [1.807, 2.05) is 78.9 Å². The van der Waals surface area contributed by atoms with Crippen LogP contribution in [0.4, 0.5) is 5.13 Å². The summed E-state index contributed by atoms with van der Waals surface area (Å²) >= 11 is 2.96. The van der Waals surface area contributed by atoms with Gasteiger partial charge < -0.3 is 0 Å². The molecule has 0 aliphatic carbocycles. The van der Waals surface area contributed by atoms with E-state index in [1.165, 1.54) is 33.6 Å². The summed E-state index contributed by atoms with van der Waals surface area (Å²) in [6.45, 7) is 0. The van der Waals surface area contributed by atoms with Crippen LogP contribution in [-0.2, 0) is 0 Å². The highest BCUT2D eigenvalue weighted by Gasteiger charge is 2.18. The van der Waals surface area contributed by atoms with Crippen LogP contribution >= 0.6 is 22.7 Å². The molecular weight excluding hydrogens is 452 g/mol. The second-order valence-electron chi connectivity index (χ2n) is 7.23. The Bertz CT molecular complexity index is 1610. The predicted molar refractivity (Wildman–Crippen MR) is 136 cm³/mol. The SMILES string of the molecule is O=c1c(C=NNc2nc3ccccc3s2)c(-c2ccccc2)[nH]n1-c1nc2ccccc2s1. The molecule has 33 heavy (non-hydrogen) atoms. The fourth-order valence-corrected chi connectivity index (χ4v) is 5.30. The highest BCUT2D eigenvalue weighted by atomic mass is 32.1. The predicted octanol–water partition coefficient (Wildman–Crippen LogP) is 5.50. The van der Waals surface area contributed by atoms with Gasteiger partial charge in [-0.05, 0) is 24.3 Å². The third kappa shape index (κ3) is 3.63. The third-order valence-electron chi connectivity index (χ3n) is 5.11. The lowest BCUT2D eigenvalue weighted by molar-refractivity contribution is 0.845. The largest absolute Gasteiger partial charge is 0.288 e. The molecule has 0 radical (unpaired) electrons. The molecule has 0 amide bonds. The smallest absolute Gasteiger partial charge is 0.282 e. The average Bonchev–Trinajstić information content (AvgIpc) is 3.54. The molecule has 0 unspecified atom stereocenters. The summed E-state index contributed by atoms with van der Waals surface area (Å²) in [6, 6.07) is 25.4. The molecule has 2 N–H and O–H groups in total. The molecule has 9 heteroatoms. The van der Waals surface area contributed by atoms with Crippen molar-refractivity contribution in [3.05, 3.63) is 94.8 Å². The maximum atomic E-state index is 13.4. The van der Waals surface area contributed by atoms with Gasteiger partial charge in [-0.25, -0.2) is 9.97 Å². The number of rotatable bonds is 5. The second-order valence-corrected chi connectivity index (χ2v) is 9.27. The van der Waals surface area contributed by atoms with E-state index in [0.717, 1.165) is 26.0 Å². The molecule has 0 bridgehead atoms. The zero-order valence-corrected chi connectivity index (χ0v) is 18.7. The van der Waals surface area contributed by atoms with Gasteiger partial charge in [0.25, 0.3) is 5.56 Å². The summed E-state index contributed by atoms with van der Waals surface area (Å²) in [5, 5.41) is 8.80. The van der Waals surface area contributed by atoms with E-state index in [2.05, 4.69) is 25.6 Å². The van der Waals surface area contributed by atoms with Crippen LogP contribution in [0.2, 0.25) is 0 Å². The quantitative estimate of drug-likeness (QED) is 0.258. The topological polar surface area (TPSA) is 88.0 Å². The maximum Gasteiger partial charge on any atom is 0.282 e. The molecule has 3 aromatic carbocycles. The zero-order valence-electron chi connectivity index (χ0n) is 17.1. The Morgan fingerprint density at radius 3 is 2.24 bits per heavy atom. The molecule has 0 fully saturated rings. The van der Waals surface area contributed by atoms with Gasteiger partial charge in [0, 0.05) is 5.56 Å². The molecule has 6 aromatic rings. The summed E-state index contributed by atoms with van der Waals surface area (Å²) < 4.78 is 3.56. The van der Waals surface area contributed by atoms with Crippen molar-refractivity contribution in [3.63, 3.8) is 0 Å². The van der Waals surface area contributed by atoms with Crippen LogP contribution in [0.1, 0.15) is 5.56 Å². The standard InChI is InChI=1S/C24H16N6OS2/c31-22-16(14-25-28-23-26-17-10-4-6-12-19(17)32-23)21(15-8-2-1-3-9-15)29-30(22)24-27-18-11-5-7-13-20(18)33-24/h1-14,29H,(H,26,28). The Hall–Kier alpha value is -4.08. The summed E-state index contributed by atoms with van der Waals surface area (Å²) in [5.41, 5.74) is 6.50. The first-order chi connectivity index (χ1) is 16.3. The van der Waals surface area contributed by atoms with Crippen molar-refractivity contribution in [1.29, 1.82) is 0 Å². The lowest BCUT2D eigenvalue weighted by Crippen LogP contribution is -2.17. The van der Waals surface area contributed by atoms with Crippen LogP contribution in [0.5, 0.6) is 0 Å². The van der Waals surface area contributed by atoms with E-state index in [-0.39, 0.29) is 5.56 Å². The van der Waals surface area contributed by atoms with Crippen molar-refractivity contribution in [2.24, 2.45) is 5.10 Å². The van der Waals surface area contributed by atoms with Gasteiger partial charge in [0.2, 0.25) is 10.3 Å². The second kappa shape index (κ2) is 8.12. The van der Waals surface area contributed by atoms with Gasteiger partial charge in [-0.15, -0.1) is 0 Å². The van der Waals surface area contributed by atoms with E-state index in [9.17, 15) is 4.79 Å². The molecular formula is C24H16N6OS2. The van der Waals surface area contributed by atoms with Gasteiger partial charge in [-0.2, -0.15) is 9.78 Å². The van der Waals surface area contributed by atoms with E-state index in [1.54, 1.807) is 0 Å². The number of hydrogen-bond donors (Lipinski definition) is 2. The minimum Gasteiger partial charge on any atom is -0.288 e. The van der Waals surface area contributed by atoms with Crippen molar-refractivity contribution >= 4 is 54.5 Å². The number of para-hydroxylation sites is 2. The molecule has 0 saturated carbocycles. The number of anilines is 1. The summed E-state index contributed by atoms with van der Waals surface area (Å²) in [4.78, 5) is 22.5. The van der Waals surface area contributed by atoms with Gasteiger partial charge in [-0.3, -0.25) is 15.3 Å². The summed E-state index contributed by atoms with van der Waals surface area (Å²) in [7, 11) is 0. The number of fused-ring (bicyclic) bond motifs is 2. The molecule has 0 spiro atoms. The normalized spacial score (nSPS) is 11.6. The number of nitrogens with one attached hydrogen (secondary N) is 2. The van der Waals surface area contributed by atoms with Gasteiger partial charge in [0.15, 0.2) is 0 Å². The first-order valence-corrected chi connectivity index (χ1v) is 11.8. The van der Waals surface area contributed by atoms with E-state index in [0.29, 0.717) is 21.5 Å². The average molecular weight is 469 g/mol. The molecule has 3 heterocycles. The first kappa shape index (κ1) is 19.6. The van der Waals surface area contributed by atoms with Crippen molar-refractivity contribution in [2.75, 3.05) is 5.43 Å². The van der Waals surface area contributed by atoms with Crippen LogP contribution in [0.15, 0.2) is 88.8 Å². The van der Waals surface area contributed by atoms with E-state index >= 15 is 0 Å². The fraction of sp³-hybridized carbons (Fsp3) is 0. The first-order valence-electron chi connectivity index (χ1n) is 10.2. The van der Waals surface area contributed by atoms with Gasteiger partial charge in [0.05, 0.1) is 37.9 Å². The lowest BCUT2D eigenvalue weighted by atomic mass is 10.1. The number of benzene rings is 3. The van der Waals surface area contributed by atoms with Gasteiger partial charge >= 0.3 is 0 Å². The molecule has 0 aliphatic rings. The Balaban J connectivity index is 1.41. The third-order valence-corrected chi connectivity index (χ3v) is 7.07. The summed E-state index contributed by atoms with van der Waals surface area (Å²) in [6.07, 6.45) is 1.54. The van der Waals surface area contributed by atoms with Crippen molar-refractivity contribution in [2.45, 2.75) is 0 Å². The number of thiazole rings is 2. The lowest BCUT2D eigenvalue weighted by Gasteiger charge is -1.99. The number of hydrogen-bond acceptors (Lipinski definition) is 7. The fourth-order valence-electron chi connectivity index (χ4n) is 3.56. The van der Waals surface area contributed by atoms with E-state index in [4.69, 9.17) is 0 Å². The van der Waals surface area contributed by atoms with Crippen molar-refractivity contribution in [1.82, 2.24) is 19.7 Å². The van der Waals surface area contributed by atoms with E-state index < -0.39 is 0 Å². The Morgan fingerprint density at radius 1 is 0.848 bits per heavy atom. The Kier molecular flexibility index (Phi) is 4.82. The van der Waals surface area contributed by atoms with Crippen molar-refractivity contribution in [3.8, 4) is 16.4 Å². The Morgan fingerprint density at radius 2 is 1.52 bits per heavy atom. The number of hydrazone groups is 1. The monoisotopic (exact) mass is 468 g/mol. The van der Waals surface area contributed by atoms with Gasteiger partial charge in [0.1, 0.15) is 0 Å². The molecule has 0 aliphatic heterocycles. The number of aromatic nitrogens is 4. The minimum absolute atomic E-state index is 0.220. The zero-order chi connectivity index (χ0) is 22.2. The van der Waals surface area contributed by atoms with Crippen molar-refractivity contribution < 1.29 is 0 Å². The molecule has 0 atom stereocenters. The molecule has 6 rings (SSSR count). The molecule has 160 valence electrons. The number of aromatic amines is 1. The number of H-pyrrole nitrogens is 1. The summed E-state index contributed by atoms with van der Waals surface area (Å²) in [5.74, 6) is 0. The Labute approximate surface area is 195 Å². The van der Waals surface area contributed by atoms with Crippen LogP contribution in [0.25, 0.3) is 36.8 Å². The van der Waals surface area contributed by atoms with Crippen LogP contribution in [-0.4, -0.2) is 26.0 Å². The molecule has 0 saturated heterocycles. The number of nitrogens with zero attached hydrogens (tertiary/aromatic N) is 4. The van der Waals surface area contributed by atoms with Crippen LogP contribution in [0, 0.1) is 0 Å². The maximum absolute atomic E-state index is 13.4. The van der Waals surface area contributed by atoms with Crippen LogP contribution < -0.4 is 11.0 Å². The highest BCUT2D eigenvalue weighted by Crippen LogP contribution is 2.27. The van der Waals surface area contributed by atoms with Gasteiger partial charge in [-0.1, -0.05) is 77.3 Å². The minimum atomic E-state index is -0.220. The van der Waals surface area contributed by atoms with Crippen LogP contribution in [0.3, 0.4) is 0 Å². The molecule has 3 aromatic heterocycles. The highest BCUT2D eigenvalue weighted by molar-refractivity contribution is 7.22.